The number of nitrogens with zero attached hydrogens (tertiary/aromatic N) is 2. The highest BCUT2D eigenvalue weighted by Gasteiger charge is 2.32. The zero-order valence-corrected chi connectivity index (χ0v) is 17.8. The number of aromatic nitrogens is 1. The number of fused-ring (bicyclic) bond motifs is 1. The lowest BCUT2D eigenvalue weighted by atomic mass is 10.1. The molecule has 0 amide bonds. The van der Waals surface area contributed by atoms with Crippen LogP contribution in [0.1, 0.15) is 17.5 Å². The number of rotatable bonds is 6. The molecule has 5 nitrogen and oxygen atoms in total. The standard InChI is InChI=1S/C22H23ClN2O3S/c1-28-19-7-4-16(5-8-19)13-25(18-10-12-29(26,27)15-18)14-20-21(23)9-6-17-3-2-11-24-22(17)20/h2-9,11,18H,10,12-15H2,1H3. The van der Waals surface area contributed by atoms with E-state index in [0.29, 0.717) is 24.5 Å². The van der Waals surface area contributed by atoms with Gasteiger partial charge in [-0.1, -0.05) is 35.9 Å². The van der Waals surface area contributed by atoms with Gasteiger partial charge in [0.2, 0.25) is 0 Å². The second-order valence-corrected chi connectivity index (χ2v) is 10.0. The number of pyridine rings is 1. The molecule has 1 fully saturated rings. The summed E-state index contributed by atoms with van der Waals surface area (Å²) in [5, 5.41) is 1.67. The van der Waals surface area contributed by atoms with Crippen LogP contribution in [0.4, 0.5) is 0 Å². The average molecular weight is 431 g/mol. The van der Waals surface area contributed by atoms with Gasteiger partial charge in [0.05, 0.1) is 24.1 Å². The molecule has 0 radical (unpaired) electrons. The molecule has 0 spiro atoms. The van der Waals surface area contributed by atoms with Crippen molar-refractivity contribution < 1.29 is 13.2 Å². The third-order valence-electron chi connectivity index (χ3n) is 5.45. The van der Waals surface area contributed by atoms with Gasteiger partial charge >= 0.3 is 0 Å². The summed E-state index contributed by atoms with van der Waals surface area (Å²) in [5.41, 5.74) is 2.89. The van der Waals surface area contributed by atoms with Gasteiger partial charge in [-0.15, -0.1) is 0 Å². The molecule has 2 heterocycles. The molecule has 0 bridgehead atoms. The number of hydrogen-bond donors (Lipinski definition) is 0. The molecule has 29 heavy (non-hydrogen) atoms. The first-order valence-corrected chi connectivity index (χ1v) is 11.7. The molecule has 2 aromatic carbocycles. The Kier molecular flexibility index (Phi) is 5.76. The Balaban J connectivity index is 1.68. The highest BCUT2D eigenvalue weighted by Crippen LogP contribution is 2.29. The number of halogens is 1. The van der Waals surface area contributed by atoms with Crippen LogP contribution in [-0.2, 0) is 22.9 Å². The predicted molar refractivity (Wildman–Crippen MR) is 116 cm³/mol. The predicted octanol–water partition coefficient (Wildman–Crippen LogP) is 4.09. The van der Waals surface area contributed by atoms with Crippen LogP contribution < -0.4 is 4.74 Å². The van der Waals surface area contributed by atoms with Gasteiger partial charge < -0.3 is 4.74 Å². The minimum Gasteiger partial charge on any atom is -0.497 e. The van der Waals surface area contributed by atoms with Gasteiger partial charge in [0.1, 0.15) is 5.75 Å². The smallest absolute Gasteiger partial charge is 0.151 e. The third-order valence-corrected chi connectivity index (χ3v) is 7.56. The largest absolute Gasteiger partial charge is 0.497 e. The first-order valence-electron chi connectivity index (χ1n) is 9.55. The fourth-order valence-electron chi connectivity index (χ4n) is 3.88. The molecule has 1 unspecified atom stereocenters. The lowest BCUT2D eigenvalue weighted by molar-refractivity contribution is 0.195. The number of ether oxygens (including phenoxy) is 1. The number of methoxy groups -OCH3 is 1. The van der Waals surface area contributed by atoms with Crippen molar-refractivity contribution >= 4 is 32.3 Å². The monoisotopic (exact) mass is 430 g/mol. The summed E-state index contributed by atoms with van der Waals surface area (Å²) in [7, 11) is -1.36. The maximum Gasteiger partial charge on any atom is 0.151 e. The van der Waals surface area contributed by atoms with Crippen molar-refractivity contribution in [1.29, 1.82) is 0 Å². The average Bonchev–Trinajstić information content (AvgIpc) is 3.09. The van der Waals surface area contributed by atoms with Crippen molar-refractivity contribution in [1.82, 2.24) is 9.88 Å². The van der Waals surface area contributed by atoms with Gasteiger partial charge in [0, 0.05) is 41.3 Å². The minimum absolute atomic E-state index is 0.0443. The highest BCUT2D eigenvalue weighted by atomic mass is 35.5. The van der Waals surface area contributed by atoms with Gasteiger partial charge in [0.15, 0.2) is 9.84 Å². The summed E-state index contributed by atoms with van der Waals surface area (Å²) < 4.78 is 29.5. The first kappa shape index (κ1) is 20.1. The van der Waals surface area contributed by atoms with E-state index < -0.39 is 9.84 Å². The fraction of sp³-hybridized carbons (Fsp3) is 0.318. The summed E-state index contributed by atoms with van der Waals surface area (Å²) in [6.07, 6.45) is 2.39. The van der Waals surface area contributed by atoms with E-state index in [2.05, 4.69) is 9.88 Å². The molecule has 0 N–H and O–H groups in total. The van der Waals surface area contributed by atoms with E-state index in [9.17, 15) is 8.42 Å². The van der Waals surface area contributed by atoms with Crippen molar-refractivity contribution in [3.05, 3.63) is 70.9 Å². The minimum atomic E-state index is -3.00. The lowest BCUT2D eigenvalue weighted by Gasteiger charge is -2.29. The molecular weight excluding hydrogens is 408 g/mol. The molecule has 4 rings (SSSR count). The van der Waals surface area contributed by atoms with Crippen molar-refractivity contribution in [2.24, 2.45) is 0 Å². The van der Waals surface area contributed by atoms with Crippen molar-refractivity contribution in [3.63, 3.8) is 0 Å². The van der Waals surface area contributed by atoms with Crippen LogP contribution in [-0.4, -0.2) is 43.0 Å². The van der Waals surface area contributed by atoms with E-state index in [0.717, 1.165) is 27.8 Å². The molecule has 1 aliphatic rings. The van der Waals surface area contributed by atoms with Gasteiger partial charge in [0.25, 0.3) is 0 Å². The Morgan fingerprint density at radius 2 is 1.93 bits per heavy atom. The molecule has 1 saturated heterocycles. The van der Waals surface area contributed by atoms with E-state index >= 15 is 0 Å². The topological polar surface area (TPSA) is 59.5 Å². The van der Waals surface area contributed by atoms with E-state index in [1.54, 1.807) is 13.3 Å². The second kappa shape index (κ2) is 8.30. The molecule has 3 aromatic rings. The van der Waals surface area contributed by atoms with Gasteiger partial charge in [-0.2, -0.15) is 0 Å². The molecule has 1 atom stereocenters. The van der Waals surface area contributed by atoms with E-state index in [-0.39, 0.29) is 17.5 Å². The number of benzene rings is 2. The maximum absolute atomic E-state index is 12.1. The van der Waals surface area contributed by atoms with E-state index in [1.165, 1.54) is 0 Å². The van der Waals surface area contributed by atoms with Crippen LogP contribution in [0.3, 0.4) is 0 Å². The van der Waals surface area contributed by atoms with Crippen LogP contribution in [0.2, 0.25) is 5.02 Å². The molecule has 152 valence electrons. The van der Waals surface area contributed by atoms with Crippen LogP contribution in [0.25, 0.3) is 10.9 Å². The van der Waals surface area contributed by atoms with Crippen LogP contribution in [0.5, 0.6) is 5.75 Å². The van der Waals surface area contributed by atoms with Crippen molar-refractivity contribution in [2.45, 2.75) is 25.6 Å². The zero-order chi connectivity index (χ0) is 20.4. The Bertz CT molecular complexity index is 1120. The second-order valence-electron chi connectivity index (χ2n) is 7.41. The lowest BCUT2D eigenvalue weighted by Crippen LogP contribution is -2.35. The number of sulfone groups is 1. The Labute approximate surface area is 176 Å². The molecule has 0 saturated carbocycles. The quantitative estimate of drug-likeness (QED) is 0.589. The number of hydrogen-bond acceptors (Lipinski definition) is 5. The molecule has 7 heteroatoms. The van der Waals surface area contributed by atoms with Crippen LogP contribution in [0, 0.1) is 0 Å². The van der Waals surface area contributed by atoms with Crippen molar-refractivity contribution in [2.75, 3.05) is 18.6 Å². The Hall–Kier alpha value is -2.15. The molecule has 0 aliphatic carbocycles. The van der Waals surface area contributed by atoms with Gasteiger partial charge in [-0.3, -0.25) is 9.88 Å². The summed E-state index contributed by atoms with van der Waals surface area (Å²) in [4.78, 5) is 6.74. The zero-order valence-electron chi connectivity index (χ0n) is 16.2. The van der Waals surface area contributed by atoms with E-state index in [4.69, 9.17) is 16.3 Å². The Morgan fingerprint density at radius 3 is 2.62 bits per heavy atom. The van der Waals surface area contributed by atoms with Crippen molar-refractivity contribution in [3.8, 4) is 5.75 Å². The van der Waals surface area contributed by atoms with Gasteiger partial charge in [-0.25, -0.2) is 8.42 Å². The van der Waals surface area contributed by atoms with Crippen LogP contribution in [0.15, 0.2) is 54.7 Å². The molecule has 1 aliphatic heterocycles. The Morgan fingerprint density at radius 1 is 1.14 bits per heavy atom. The van der Waals surface area contributed by atoms with E-state index in [1.807, 2.05) is 48.5 Å². The normalized spacial score (nSPS) is 18.4. The first-order chi connectivity index (χ1) is 13.9. The highest BCUT2D eigenvalue weighted by molar-refractivity contribution is 7.91. The summed E-state index contributed by atoms with van der Waals surface area (Å²) in [6, 6.07) is 15.6. The summed E-state index contributed by atoms with van der Waals surface area (Å²) >= 11 is 6.55. The SMILES string of the molecule is COc1ccc(CN(Cc2c(Cl)ccc3cccnc23)C2CCS(=O)(=O)C2)cc1. The third kappa shape index (κ3) is 4.55. The fourth-order valence-corrected chi connectivity index (χ4v) is 5.85. The molecule has 1 aromatic heterocycles. The molecular formula is C22H23ClN2O3S. The van der Waals surface area contributed by atoms with Crippen LogP contribution >= 0.6 is 11.6 Å². The summed E-state index contributed by atoms with van der Waals surface area (Å²) in [5.74, 6) is 1.21. The summed E-state index contributed by atoms with van der Waals surface area (Å²) in [6.45, 7) is 1.17. The maximum atomic E-state index is 12.1. The van der Waals surface area contributed by atoms with Gasteiger partial charge in [-0.05, 0) is 36.2 Å².